The number of benzene rings is 2. The Bertz CT molecular complexity index is 1230. The summed E-state index contributed by atoms with van der Waals surface area (Å²) in [5, 5.41) is 17.2. The minimum Gasteiger partial charge on any atom is -0.297 e. The number of nitro groups is 1. The molecule has 9 heteroatoms. The third-order valence-corrected chi connectivity index (χ3v) is 6.62. The van der Waals surface area contributed by atoms with Gasteiger partial charge in [0.25, 0.3) is 5.69 Å². The second-order valence-corrected chi connectivity index (χ2v) is 9.59. The van der Waals surface area contributed by atoms with Crippen LogP contribution in [0, 0.1) is 27.4 Å². The molecule has 0 saturated carbocycles. The first kappa shape index (κ1) is 21.0. The van der Waals surface area contributed by atoms with E-state index >= 15 is 0 Å². The molecule has 0 aliphatic carbocycles. The summed E-state index contributed by atoms with van der Waals surface area (Å²) >= 11 is 0. The summed E-state index contributed by atoms with van der Waals surface area (Å²) in [6, 6.07) is 11.4. The Hall–Kier alpha value is -3.88. The van der Waals surface area contributed by atoms with Crippen LogP contribution in [0.4, 0.5) is 11.4 Å². The molecule has 0 bridgehead atoms. The quantitative estimate of drug-likeness (QED) is 0.407. The maximum atomic E-state index is 13.7. The van der Waals surface area contributed by atoms with Crippen LogP contribution in [0.5, 0.6) is 0 Å². The van der Waals surface area contributed by atoms with Crippen molar-refractivity contribution in [1.29, 1.82) is 0 Å². The minimum absolute atomic E-state index is 0.138. The molecule has 9 nitrogen and oxygen atoms in total. The monoisotopic (exact) mass is 446 g/mol. The smallest absolute Gasteiger partial charge is 0.269 e. The van der Waals surface area contributed by atoms with Crippen molar-refractivity contribution in [3.8, 4) is 0 Å². The number of rotatable bonds is 3. The summed E-state index contributed by atoms with van der Waals surface area (Å²) in [4.78, 5) is 52.4. The number of carbonyl (C=O) groups excluding carboxylic acids is 3. The highest BCUT2D eigenvalue weighted by molar-refractivity contribution is 6.24. The highest BCUT2D eigenvalue weighted by atomic mass is 16.6. The van der Waals surface area contributed by atoms with E-state index in [1.165, 1.54) is 24.3 Å². The van der Waals surface area contributed by atoms with E-state index < -0.39 is 46.1 Å². The normalized spacial score (nSPS) is 25.7. The predicted octanol–water partition coefficient (Wildman–Crippen LogP) is 3.09. The van der Waals surface area contributed by atoms with Gasteiger partial charge in [-0.15, -0.1) is 0 Å². The number of non-ortho nitro benzene ring substituents is 1. The third kappa shape index (κ3) is 2.99. The van der Waals surface area contributed by atoms with Gasteiger partial charge >= 0.3 is 0 Å². The molecule has 5 rings (SSSR count). The zero-order valence-electron chi connectivity index (χ0n) is 18.3. The van der Waals surface area contributed by atoms with Crippen LogP contribution in [0.2, 0.25) is 0 Å². The van der Waals surface area contributed by atoms with Crippen molar-refractivity contribution in [3.63, 3.8) is 0 Å². The summed E-state index contributed by atoms with van der Waals surface area (Å²) < 4.78 is 0. The fourth-order valence-electron chi connectivity index (χ4n) is 5.09. The van der Waals surface area contributed by atoms with E-state index in [1.54, 1.807) is 32.0 Å². The molecular formula is C24H22N4O5. The number of hydrazone groups is 1. The van der Waals surface area contributed by atoms with Crippen molar-refractivity contribution >= 4 is 35.2 Å². The molecule has 0 aromatic heterocycles. The van der Waals surface area contributed by atoms with Crippen LogP contribution in [-0.4, -0.2) is 39.8 Å². The van der Waals surface area contributed by atoms with Crippen molar-refractivity contribution in [3.05, 3.63) is 69.8 Å². The number of anilines is 1. The first-order valence-corrected chi connectivity index (χ1v) is 10.7. The van der Waals surface area contributed by atoms with Crippen molar-refractivity contribution in [2.45, 2.75) is 32.9 Å². The maximum absolute atomic E-state index is 13.7. The zero-order chi connectivity index (χ0) is 23.7. The zero-order valence-corrected chi connectivity index (χ0v) is 18.3. The van der Waals surface area contributed by atoms with Crippen molar-refractivity contribution in [2.24, 2.45) is 22.4 Å². The van der Waals surface area contributed by atoms with E-state index in [0.717, 1.165) is 16.0 Å². The molecule has 3 aliphatic heterocycles. The SMILES string of the molecule is CC(C)(C)C(=O)[C@H]1[C@H]2C(=O)N(c3ccc([N+](=O)[O-])cc3)C(=O)[C@H]2C2c3ccccc3C=NN21. The molecule has 0 N–H and O–H groups in total. The lowest BCUT2D eigenvalue weighted by atomic mass is 9.79. The molecule has 1 unspecified atom stereocenters. The van der Waals surface area contributed by atoms with E-state index in [1.807, 2.05) is 24.3 Å². The van der Waals surface area contributed by atoms with Gasteiger partial charge in [0.05, 0.1) is 34.7 Å². The number of nitrogens with zero attached hydrogens (tertiary/aromatic N) is 4. The Balaban J connectivity index is 1.63. The van der Waals surface area contributed by atoms with Gasteiger partial charge in [-0.2, -0.15) is 5.10 Å². The summed E-state index contributed by atoms with van der Waals surface area (Å²) in [6.45, 7) is 5.36. The number of hydrogen-bond donors (Lipinski definition) is 0. The predicted molar refractivity (Wildman–Crippen MR) is 119 cm³/mol. The van der Waals surface area contributed by atoms with E-state index in [9.17, 15) is 24.5 Å². The van der Waals surface area contributed by atoms with E-state index in [0.29, 0.717) is 0 Å². The average molecular weight is 446 g/mol. The van der Waals surface area contributed by atoms with Gasteiger partial charge in [-0.25, -0.2) is 4.90 Å². The number of hydrogen-bond acceptors (Lipinski definition) is 7. The van der Waals surface area contributed by atoms with Crippen LogP contribution in [-0.2, 0) is 14.4 Å². The largest absolute Gasteiger partial charge is 0.297 e. The van der Waals surface area contributed by atoms with E-state index in [2.05, 4.69) is 5.10 Å². The van der Waals surface area contributed by atoms with Crippen LogP contribution < -0.4 is 4.90 Å². The fraction of sp³-hybridized carbons (Fsp3) is 0.333. The second kappa shape index (κ2) is 7.06. The molecule has 2 aromatic rings. The van der Waals surface area contributed by atoms with Gasteiger partial charge in [-0.1, -0.05) is 45.0 Å². The van der Waals surface area contributed by atoms with Crippen molar-refractivity contribution < 1.29 is 19.3 Å². The number of nitro benzene ring substituents is 1. The van der Waals surface area contributed by atoms with Crippen molar-refractivity contribution in [2.75, 3.05) is 4.90 Å². The summed E-state index contributed by atoms with van der Waals surface area (Å²) in [7, 11) is 0. The lowest BCUT2D eigenvalue weighted by Gasteiger charge is -2.35. The Kier molecular flexibility index (Phi) is 4.49. The molecule has 33 heavy (non-hydrogen) atoms. The van der Waals surface area contributed by atoms with E-state index in [4.69, 9.17) is 0 Å². The summed E-state index contributed by atoms with van der Waals surface area (Å²) in [6.07, 6.45) is 1.67. The van der Waals surface area contributed by atoms with Gasteiger partial charge in [-0.3, -0.25) is 29.5 Å². The Morgan fingerprint density at radius 1 is 1.00 bits per heavy atom. The Labute approximate surface area is 189 Å². The average Bonchev–Trinajstić information content (AvgIpc) is 3.25. The highest BCUT2D eigenvalue weighted by Crippen LogP contribution is 2.53. The standard InChI is InChI=1S/C24H22N4O5/c1-24(2,3)21(29)20-18-17(19-16-7-5-4-6-13(16)12-25-27(19)20)22(30)26(23(18)31)14-8-10-15(11-9-14)28(32)33/h4-12,17-20H,1-3H3/t17-,18+,19?,20-/m1/s1. The Morgan fingerprint density at radius 2 is 1.64 bits per heavy atom. The molecule has 0 spiro atoms. The van der Waals surface area contributed by atoms with Crippen LogP contribution in [0.3, 0.4) is 0 Å². The molecule has 4 atom stereocenters. The number of imide groups is 1. The molecular weight excluding hydrogens is 424 g/mol. The van der Waals surface area contributed by atoms with E-state index in [-0.39, 0.29) is 17.2 Å². The molecule has 2 fully saturated rings. The van der Waals surface area contributed by atoms with Crippen LogP contribution in [0.25, 0.3) is 0 Å². The van der Waals surface area contributed by atoms with Gasteiger partial charge in [-0.05, 0) is 23.3 Å². The summed E-state index contributed by atoms with van der Waals surface area (Å²) in [5.74, 6) is -2.76. The first-order valence-electron chi connectivity index (χ1n) is 10.7. The highest BCUT2D eigenvalue weighted by Gasteiger charge is 2.66. The summed E-state index contributed by atoms with van der Waals surface area (Å²) in [5.41, 5.74) is 1.06. The fourth-order valence-corrected chi connectivity index (χ4v) is 5.09. The van der Waals surface area contributed by atoms with Gasteiger partial charge < -0.3 is 0 Å². The minimum atomic E-state index is -0.896. The molecule has 2 aromatic carbocycles. The molecule has 2 amide bonds. The van der Waals surface area contributed by atoms with Crippen LogP contribution in [0.15, 0.2) is 53.6 Å². The molecule has 3 heterocycles. The number of fused-ring (bicyclic) bond motifs is 5. The van der Waals surface area contributed by atoms with Crippen LogP contribution in [0.1, 0.15) is 37.9 Å². The Morgan fingerprint density at radius 3 is 2.27 bits per heavy atom. The second-order valence-electron chi connectivity index (χ2n) is 9.59. The molecule has 2 saturated heterocycles. The van der Waals surface area contributed by atoms with Crippen LogP contribution >= 0.6 is 0 Å². The lowest BCUT2D eigenvalue weighted by Crippen LogP contribution is -2.48. The number of carbonyl (C=O) groups is 3. The molecule has 168 valence electrons. The third-order valence-electron chi connectivity index (χ3n) is 6.62. The first-order chi connectivity index (χ1) is 15.6. The van der Waals surface area contributed by atoms with Gasteiger partial charge in [0.2, 0.25) is 11.8 Å². The maximum Gasteiger partial charge on any atom is 0.269 e. The molecule has 3 aliphatic rings. The topological polar surface area (TPSA) is 113 Å². The lowest BCUT2D eigenvalue weighted by molar-refractivity contribution is -0.384. The number of ketones is 1. The van der Waals surface area contributed by atoms with Crippen molar-refractivity contribution in [1.82, 2.24) is 5.01 Å². The van der Waals surface area contributed by atoms with Gasteiger partial charge in [0.15, 0.2) is 5.78 Å². The number of Topliss-reactive ketones (excluding diaryl/α,β-unsaturated/α-hetero) is 1. The van der Waals surface area contributed by atoms with Gasteiger partial charge in [0, 0.05) is 17.5 Å². The van der Waals surface area contributed by atoms with Gasteiger partial charge in [0.1, 0.15) is 6.04 Å². The molecule has 0 radical (unpaired) electrons. The number of amides is 2.